The van der Waals surface area contributed by atoms with Gasteiger partial charge in [-0.2, -0.15) is 5.26 Å². The van der Waals surface area contributed by atoms with Gasteiger partial charge in [0.05, 0.1) is 23.5 Å². The van der Waals surface area contributed by atoms with Crippen molar-refractivity contribution in [3.63, 3.8) is 0 Å². The molecule has 0 atom stereocenters. The van der Waals surface area contributed by atoms with E-state index < -0.39 is 5.97 Å². The van der Waals surface area contributed by atoms with Crippen molar-refractivity contribution >= 4 is 12.0 Å². The molecule has 0 fully saturated rings. The minimum Gasteiger partial charge on any atom is -0.487 e. The number of carbonyl (C=O) groups is 1. The first-order chi connectivity index (χ1) is 10.2. The zero-order valence-corrected chi connectivity index (χ0v) is 11.1. The van der Waals surface area contributed by atoms with Crippen LogP contribution in [0.4, 0.5) is 0 Å². The van der Waals surface area contributed by atoms with Gasteiger partial charge in [0.25, 0.3) is 0 Å². The second-order valence-electron chi connectivity index (χ2n) is 4.19. The zero-order chi connectivity index (χ0) is 15.1. The maximum atomic E-state index is 10.4. The summed E-state index contributed by atoms with van der Waals surface area (Å²) in [5, 5.41) is 17.2. The molecule has 1 aromatic heterocycles. The molecule has 104 valence electrons. The Bertz CT molecular complexity index is 683. The van der Waals surface area contributed by atoms with Crippen molar-refractivity contribution in [2.24, 2.45) is 0 Å². The molecule has 0 radical (unpaired) electrons. The molecular formula is C16H12N2O3. The second kappa shape index (κ2) is 6.87. The van der Waals surface area contributed by atoms with Crippen LogP contribution in [0.5, 0.6) is 5.75 Å². The van der Waals surface area contributed by atoms with Crippen molar-refractivity contribution in [1.82, 2.24) is 4.98 Å². The van der Waals surface area contributed by atoms with Gasteiger partial charge in [-0.3, -0.25) is 4.98 Å². The molecule has 0 saturated heterocycles. The Morgan fingerprint density at radius 2 is 2.05 bits per heavy atom. The average molecular weight is 280 g/mol. The van der Waals surface area contributed by atoms with Gasteiger partial charge in [0, 0.05) is 6.08 Å². The Morgan fingerprint density at radius 1 is 1.29 bits per heavy atom. The number of rotatable bonds is 5. The number of hydrogen-bond acceptors (Lipinski definition) is 4. The van der Waals surface area contributed by atoms with Gasteiger partial charge in [-0.1, -0.05) is 12.1 Å². The predicted octanol–water partition coefficient (Wildman–Crippen LogP) is 2.63. The first-order valence-corrected chi connectivity index (χ1v) is 6.16. The second-order valence-corrected chi connectivity index (χ2v) is 4.19. The standard InChI is InChI=1S/C16H12N2O3/c17-9-12-1-3-13(4-2-12)11-21-15-7-5-14(18-10-15)6-8-16(19)20/h1-8,10H,11H2,(H,19,20). The number of ether oxygens (including phenoxy) is 1. The van der Waals surface area contributed by atoms with Crippen LogP contribution in [0.25, 0.3) is 6.08 Å². The minimum atomic E-state index is -1.02. The topological polar surface area (TPSA) is 83.2 Å². The molecule has 0 bridgehead atoms. The molecule has 1 N–H and O–H groups in total. The van der Waals surface area contributed by atoms with Crippen molar-refractivity contribution in [3.05, 3.63) is 65.5 Å². The summed E-state index contributed by atoms with van der Waals surface area (Å²) in [6, 6.07) is 12.6. The molecule has 0 unspecified atom stereocenters. The Hall–Kier alpha value is -3.13. The number of hydrogen-bond donors (Lipinski definition) is 1. The van der Waals surface area contributed by atoms with Gasteiger partial charge in [0.2, 0.25) is 0 Å². The summed E-state index contributed by atoms with van der Waals surface area (Å²) in [6.45, 7) is 0.373. The summed E-state index contributed by atoms with van der Waals surface area (Å²) in [5.41, 5.74) is 2.10. The van der Waals surface area contributed by atoms with Crippen LogP contribution in [-0.4, -0.2) is 16.1 Å². The lowest BCUT2D eigenvalue weighted by molar-refractivity contribution is -0.131. The van der Waals surface area contributed by atoms with E-state index in [2.05, 4.69) is 11.1 Å². The van der Waals surface area contributed by atoms with Crippen LogP contribution in [-0.2, 0) is 11.4 Å². The fourth-order valence-corrected chi connectivity index (χ4v) is 1.57. The van der Waals surface area contributed by atoms with Crippen LogP contribution >= 0.6 is 0 Å². The number of aromatic nitrogens is 1. The van der Waals surface area contributed by atoms with Gasteiger partial charge < -0.3 is 9.84 Å². The third-order valence-electron chi connectivity index (χ3n) is 2.64. The number of pyridine rings is 1. The largest absolute Gasteiger partial charge is 0.487 e. The summed E-state index contributed by atoms with van der Waals surface area (Å²) in [7, 11) is 0. The monoisotopic (exact) mass is 280 g/mol. The summed E-state index contributed by atoms with van der Waals surface area (Å²) in [4.78, 5) is 14.5. The summed E-state index contributed by atoms with van der Waals surface area (Å²) in [6.07, 6.45) is 3.97. The van der Waals surface area contributed by atoms with Crippen LogP contribution in [0, 0.1) is 11.3 Å². The third-order valence-corrected chi connectivity index (χ3v) is 2.64. The highest BCUT2D eigenvalue weighted by Crippen LogP contribution is 2.13. The lowest BCUT2D eigenvalue weighted by Gasteiger charge is -2.06. The van der Waals surface area contributed by atoms with Crippen molar-refractivity contribution in [2.75, 3.05) is 0 Å². The highest BCUT2D eigenvalue weighted by Gasteiger charge is 1.98. The molecule has 0 saturated carbocycles. The lowest BCUT2D eigenvalue weighted by atomic mass is 10.2. The Balaban J connectivity index is 1.94. The minimum absolute atomic E-state index is 0.373. The normalized spacial score (nSPS) is 10.2. The summed E-state index contributed by atoms with van der Waals surface area (Å²) in [5.74, 6) is -0.426. The molecular weight excluding hydrogens is 268 g/mol. The smallest absolute Gasteiger partial charge is 0.328 e. The van der Waals surface area contributed by atoms with Gasteiger partial charge >= 0.3 is 5.97 Å². The Labute approximate surface area is 121 Å². The first kappa shape index (κ1) is 14.3. The molecule has 1 heterocycles. The average Bonchev–Trinajstić information content (AvgIpc) is 2.52. The fraction of sp³-hybridized carbons (Fsp3) is 0.0625. The number of nitrogens with zero attached hydrogens (tertiary/aromatic N) is 2. The molecule has 0 aliphatic heterocycles. The molecule has 0 aliphatic carbocycles. The molecule has 2 rings (SSSR count). The molecule has 2 aromatic rings. The molecule has 21 heavy (non-hydrogen) atoms. The van der Waals surface area contributed by atoms with E-state index in [1.54, 1.807) is 24.3 Å². The lowest BCUT2D eigenvalue weighted by Crippen LogP contribution is -1.96. The molecule has 5 nitrogen and oxygen atoms in total. The van der Waals surface area contributed by atoms with Crippen LogP contribution < -0.4 is 4.74 Å². The molecule has 5 heteroatoms. The third kappa shape index (κ3) is 4.48. The van der Waals surface area contributed by atoms with Gasteiger partial charge in [-0.25, -0.2) is 4.79 Å². The number of carboxylic acid groups (broad SMARTS) is 1. The van der Waals surface area contributed by atoms with Crippen LogP contribution in [0.15, 0.2) is 48.7 Å². The first-order valence-electron chi connectivity index (χ1n) is 6.16. The maximum Gasteiger partial charge on any atom is 0.328 e. The Kier molecular flexibility index (Phi) is 4.67. The molecule has 1 aromatic carbocycles. The van der Waals surface area contributed by atoms with E-state index in [1.165, 1.54) is 12.3 Å². The van der Waals surface area contributed by atoms with Gasteiger partial charge in [-0.05, 0) is 35.9 Å². The van der Waals surface area contributed by atoms with Crippen LogP contribution in [0.3, 0.4) is 0 Å². The van der Waals surface area contributed by atoms with Gasteiger partial charge in [0.1, 0.15) is 12.4 Å². The highest BCUT2D eigenvalue weighted by atomic mass is 16.5. The molecule has 0 amide bonds. The fourth-order valence-electron chi connectivity index (χ4n) is 1.57. The number of nitriles is 1. The van der Waals surface area contributed by atoms with E-state index in [4.69, 9.17) is 15.1 Å². The van der Waals surface area contributed by atoms with E-state index in [-0.39, 0.29) is 0 Å². The number of benzene rings is 1. The molecule has 0 spiro atoms. The number of aliphatic carboxylic acids is 1. The molecule has 0 aliphatic rings. The van der Waals surface area contributed by atoms with Gasteiger partial charge in [-0.15, -0.1) is 0 Å². The quantitative estimate of drug-likeness (QED) is 0.851. The van der Waals surface area contributed by atoms with Crippen LogP contribution in [0.1, 0.15) is 16.8 Å². The van der Waals surface area contributed by atoms with E-state index in [1.807, 2.05) is 12.1 Å². The van der Waals surface area contributed by atoms with Crippen molar-refractivity contribution in [3.8, 4) is 11.8 Å². The van der Waals surface area contributed by atoms with Crippen molar-refractivity contribution in [1.29, 1.82) is 5.26 Å². The maximum absolute atomic E-state index is 10.4. The number of carboxylic acids is 1. The van der Waals surface area contributed by atoms with E-state index in [0.29, 0.717) is 23.6 Å². The summed E-state index contributed by atoms with van der Waals surface area (Å²) < 4.78 is 5.56. The van der Waals surface area contributed by atoms with Crippen LogP contribution in [0.2, 0.25) is 0 Å². The van der Waals surface area contributed by atoms with Crippen molar-refractivity contribution < 1.29 is 14.6 Å². The van der Waals surface area contributed by atoms with E-state index >= 15 is 0 Å². The summed E-state index contributed by atoms with van der Waals surface area (Å²) >= 11 is 0. The van der Waals surface area contributed by atoms with E-state index in [0.717, 1.165) is 11.6 Å². The SMILES string of the molecule is N#Cc1ccc(COc2ccc(C=CC(=O)O)nc2)cc1. The van der Waals surface area contributed by atoms with E-state index in [9.17, 15) is 4.79 Å². The van der Waals surface area contributed by atoms with Gasteiger partial charge in [0.15, 0.2) is 0 Å². The highest BCUT2D eigenvalue weighted by molar-refractivity contribution is 5.84. The van der Waals surface area contributed by atoms with Crippen molar-refractivity contribution in [2.45, 2.75) is 6.61 Å². The predicted molar refractivity (Wildman–Crippen MR) is 76.4 cm³/mol. The zero-order valence-electron chi connectivity index (χ0n) is 11.1. The Morgan fingerprint density at radius 3 is 2.62 bits per heavy atom.